The normalized spacial score (nSPS) is 17.1. The molecular formula is C17H15FN2O2. The van der Waals surface area contributed by atoms with Crippen molar-refractivity contribution in [1.29, 1.82) is 0 Å². The number of Topliss-reactive ketones (excluding diaryl/α,β-unsaturated/α-hetero) is 1. The molecule has 1 N–H and O–H groups in total. The Bertz CT molecular complexity index is 731. The Kier molecular flexibility index (Phi) is 3.63. The van der Waals surface area contributed by atoms with Gasteiger partial charge in [-0.15, -0.1) is 0 Å². The van der Waals surface area contributed by atoms with E-state index >= 15 is 0 Å². The molecule has 1 atom stereocenters. The van der Waals surface area contributed by atoms with E-state index in [4.69, 9.17) is 0 Å². The lowest BCUT2D eigenvalue weighted by Crippen LogP contribution is -2.59. The van der Waals surface area contributed by atoms with Crippen molar-refractivity contribution in [1.82, 2.24) is 5.01 Å². The summed E-state index contributed by atoms with van der Waals surface area (Å²) in [4.78, 5) is 24.2. The molecule has 1 heterocycles. The summed E-state index contributed by atoms with van der Waals surface area (Å²) >= 11 is 0. The highest BCUT2D eigenvalue weighted by molar-refractivity contribution is 6.07. The molecule has 22 heavy (non-hydrogen) atoms. The highest BCUT2D eigenvalue weighted by atomic mass is 19.1. The summed E-state index contributed by atoms with van der Waals surface area (Å²) < 4.78 is 13.3. The van der Waals surface area contributed by atoms with E-state index in [2.05, 4.69) is 5.43 Å². The lowest BCUT2D eigenvalue weighted by Gasteiger charge is -2.39. The number of hydrazine groups is 1. The summed E-state index contributed by atoms with van der Waals surface area (Å²) in [6.07, 6.45) is 0.162. The molecule has 2 aromatic rings. The molecular weight excluding hydrogens is 283 g/mol. The van der Waals surface area contributed by atoms with Crippen LogP contribution in [0.5, 0.6) is 0 Å². The zero-order chi connectivity index (χ0) is 15.7. The second-order valence-electron chi connectivity index (χ2n) is 5.29. The average Bonchev–Trinajstić information content (AvgIpc) is 2.53. The summed E-state index contributed by atoms with van der Waals surface area (Å²) in [5.74, 6) is -0.673. The number of halogens is 1. The van der Waals surface area contributed by atoms with E-state index in [1.807, 2.05) is 30.3 Å². The number of carbonyl (C=O) groups excluding carboxylic acids is 2. The van der Waals surface area contributed by atoms with Gasteiger partial charge in [0.15, 0.2) is 5.78 Å². The first-order valence-corrected chi connectivity index (χ1v) is 7.00. The third kappa shape index (κ3) is 2.57. The molecule has 1 unspecified atom stereocenters. The number of aryl methyl sites for hydroxylation is 1. The van der Waals surface area contributed by atoms with Crippen molar-refractivity contribution < 1.29 is 14.0 Å². The van der Waals surface area contributed by atoms with Crippen LogP contribution in [0.25, 0.3) is 0 Å². The first kappa shape index (κ1) is 14.3. The van der Waals surface area contributed by atoms with Crippen LogP contribution in [0, 0.1) is 12.7 Å². The number of ketones is 1. The molecule has 1 amide bonds. The quantitative estimate of drug-likeness (QED) is 0.697. The van der Waals surface area contributed by atoms with Gasteiger partial charge in [0.1, 0.15) is 11.9 Å². The number of nitrogens with zero attached hydrogens (tertiary/aromatic N) is 1. The molecule has 0 aromatic heterocycles. The minimum atomic E-state index is -0.558. The van der Waals surface area contributed by atoms with Crippen LogP contribution < -0.4 is 5.43 Å². The van der Waals surface area contributed by atoms with E-state index in [1.54, 1.807) is 6.92 Å². The maximum atomic E-state index is 13.3. The minimum absolute atomic E-state index is 0.138. The molecule has 4 nitrogen and oxygen atoms in total. The van der Waals surface area contributed by atoms with Crippen LogP contribution >= 0.6 is 0 Å². The molecule has 1 aliphatic heterocycles. The molecule has 1 fully saturated rings. The Hall–Kier alpha value is -2.69. The lowest BCUT2D eigenvalue weighted by molar-refractivity contribution is -0.141. The molecule has 0 bridgehead atoms. The fraction of sp³-hybridized carbons (Fsp3) is 0.176. The molecule has 112 valence electrons. The number of carbonyl (C=O) groups is 2. The Labute approximate surface area is 127 Å². The second kappa shape index (κ2) is 5.60. The molecule has 2 aromatic carbocycles. The lowest BCUT2D eigenvalue weighted by atomic mass is 9.94. The number of amides is 1. The molecule has 0 saturated carbocycles. The smallest absolute Gasteiger partial charge is 0.244 e. The second-order valence-corrected chi connectivity index (χ2v) is 5.29. The van der Waals surface area contributed by atoms with Crippen molar-refractivity contribution >= 4 is 17.4 Å². The summed E-state index contributed by atoms with van der Waals surface area (Å²) in [5.41, 5.74) is 4.51. The number of hydrogen-bond donors (Lipinski definition) is 1. The van der Waals surface area contributed by atoms with Crippen LogP contribution in [-0.4, -0.2) is 22.7 Å². The first-order valence-electron chi connectivity index (χ1n) is 7.00. The number of β-lactam (4-membered cyclic amide) rings is 1. The minimum Gasteiger partial charge on any atom is -0.295 e. The van der Waals surface area contributed by atoms with E-state index in [9.17, 15) is 14.0 Å². The van der Waals surface area contributed by atoms with Gasteiger partial charge < -0.3 is 0 Å². The maximum Gasteiger partial charge on any atom is 0.244 e. The Morgan fingerprint density at radius 3 is 2.59 bits per heavy atom. The monoisotopic (exact) mass is 298 g/mol. The third-order valence-corrected chi connectivity index (χ3v) is 3.72. The predicted molar refractivity (Wildman–Crippen MR) is 80.8 cm³/mol. The van der Waals surface area contributed by atoms with E-state index in [-0.39, 0.29) is 23.9 Å². The zero-order valence-corrected chi connectivity index (χ0v) is 12.0. The van der Waals surface area contributed by atoms with Gasteiger partial charge in [-0.05, 0) is 42.8 Å². The summed E-state index contributed by atoms with van der Waals surface area (Å²) in [5, 5.41) is 1.33. The highest BCUT2D eigenvalue weighted by Gasteiger charge is 2.42. The zero-order valence-electron chi connectivity index (χ0n) is 12.0. The fourth-order valence-electron chi connectivity index (χ4n) is 2.41. The van der Waals surface area contributed by atoms with Crippen LogP contribution in [0.15, 0.2) is 48.5 Å². The van der Waals surface area contributed by atoms with Crippen molar-refractivity contribution in [2.75, 3.05) is 5.43 Å². The number of benzene rings is 2. The SMILES string of the molecule is Cc1cc(C(=O)C2CC(=O)N2Nc2ccccc2)ccc1F. The van der Waals surface area contributed by atoms with Gasteiger partial charge in [-0.2, -0.15) is 0 Å². The van der Waals surface area contributed by atoms with Gasteiger partial charge in [0.2, 0.25) is 5.91 Å². The van der Waals surface area contributed by atoms with Crippen molar-refractivity contribution in [3.63, 3.8) is 0 Å². The van der Waals surface area contributed by atoms with E-state index in [0.29, 0.717) is 11.1 Å². The van der Waals surface area contributed by atoms with Gasteiger partial charge in [-0.1, -0.05) is 18.2 Å². The molecule has 5 heteroatoms. The molecule has 0 spiro atoms. The summed E-state index contributed by atoms with van der Waals surface area (Å²) in [7, 11) is 0. The van der Waals surface area contributed by atoms with Gasteiger partial charge in [0.25, 0.3) is 0 Å². The number of hydrogen-bond acceptors (Lipinski definition) is 3. The summed E-state index contributed by atoms with van der Waals surface area (Å²) in [6, 6.07) is 12.9. The van der Waals surface area contributed by atoms with Crippen LogP contribution in [0.1, 0.15) is 22.3 Å². The number of anilines is 1. The molecule has 1 aliphatic rings. The average molecular weight is 298 g/mol. The van der Waals surface area contributed by atoms with E-state index in [0.717, 1.165) is 5.69 Å². The third-order valence-electron chi connectivity index (χ3n) is 3.72. The highest BCUT2D eigenvalue weighted by Crippen LogP contribution is 2.25. The van der Waals surface area contributed by atoms with Crippen molar-refractivity contribution in [2.24, 2.45) is 0 Å². The molecule has 1 saturated heterocycles. The predicted octanol–water partition coefficient (Wildman–Crippen LogP) is 2.94. The molecule has 0 radical (unpaired) electrons. The Morgan fingerprint density at radius 2 is 1.95 bits per heavy atom. The van der Waals surface area contributed by atoms with Gasteiger partial charge in [-0.25, -0.2) is 9.40 Å². The van der Waals surface area contributed by atoms with Crippen molar-refractivity contribution in [3.05, 3.63) is 65.5 Å². The fourth-order valence-corrected chi connectivity index (χ4v) is 2.41. The van der Waals surface area contributed by atoms with Crippen molar-refractivity contribution in [2.45, 2.75) is 19.4 Å². The Morgan fingerprint density at radius 1 is 1.23 bits per heavy atom. The number of para-hydroxylation sites is 1. The van der Waals surface area contributed by atoms with Gasteiger partial charge >= 0.3 is 0 Å². The summed E-state index contributed by atoms with van der Waals surface area (Å²) in [6.45, 7) is 1.61. The maximum absolute atomic E-state index is 13.3. The first-order chi connectivity index (χ1) is 10.6. The van der Waals surface area contributed by atoms with Crippen LogP contribution in [-0.2, 0) is 4.79 Å². The van der Waals surface area contributed by atoms with Gasteiger partial charge in [0.05, 0.1) is 12.1 Å². The van der Waals surface area contributed by atoms with Gasteiger partial charge in [0, 0.05) is 5.56 Å². The molecule has 0 aliphatic carbocycles. The van der Waals surface area contributed by atoms with Crippen LogP contribution in [0.4, 0.5) is 10.1 Å². The largest absolute Gasteiger partial charge is 0.295 e. The van der Waals surface area contributed by atoms with E-state index in [1.165, 1.54) is 23.2 Å². The molecule has 3 rings (SSSR count). The topological polar surface area (TPSA) is 49.4 Å². The standard InChI is InChI=1S/C17H15FN2O2/c1-11-9-12(7-8-14(11)18)17(22)15-10-16(21)20(15)19-13-5-3-2-4-6-13/h2-9,15,19H,10H2,1H3. The van der Waals surface area contributed by atoms with Gasteiger partial charge in [-0.3, -0.25) is 15.0 Å². The Balaban J connectivity index is 1.77. The number of nitrogens with one attached hydrogen (secondary N) is 1. The van der Waals surface area contributed by atoms with Crippen LogP contribution in [0.2, 0.25) is 0 Å². The number of rotatable bonds is 4. The van der Waals surface area contributed by atoms with Crippen molar-refractivity contribution in [3.8, 4) is 0 Å². The van der Waals surface area contributed by atoms with Crippen LogP contribution in [0.3, 0.4) is 0 Å². The van der Waals surface area contributed by atoms with E-state index < -0.39 is 6.04 Å².